The second-order valence-electron chi connectivity index (χ2n) is 7.74. The molecule has 2 atom stereocenters. The summed E-state index contributed by atoms with van der Waals surface area (Å²) in [5.74, 6) is -0.229. The van der Waals surface area contributed by atoms with E-state index in [9.17, 15) is 12.8 Å². The number of aromatic nitrogens is 6. The fourth-order valence-electron chi connectivity index (χ4n) is 3.47. The molecule has 4 aromatic rings. The van der Waals surface area contributed by atoms with Crippen LogP contribution in [-0.4, -0.2) is 50.5 Å². The molecule has 9 nitrogen and oxygen atoms in total. The maximum absolute atomic E-state index is 13.4. The lowest BCUT2D eigenvalue weighted by atomic mass is 10.1. The van der Waals surface area contributed by atoms with Crippen LogP contribution in [0.1, 0.15) is 31.4 Å². The topological polar surface area (TPSA) is 113 Å². The largest absolute Gasteiger partial charge is 0.481 e. The lowest BCUT2D eigenvalue weighted by Gasteiger charge is -2.19. The Morgan fingerprint density at radius 1 is 1.00 bits per heavy atom. The number of hydrogen-bond donors (Lipinski definition) is 0. The molecular formula is C23H23FN6O3S. The molecule has 3 heterocycles. The van der Waals surface area contributed by atoms with Crippen LogP contribution in [0, 0.1) is 5.82 Å². The molecule has 0 aliphatic rings. The summed E-state index contributed by atoms with van der Waals surface area (Å²) in [6.45, 7) is 3.28. The minimum absolute atomic E-state index is 0.241. The molecule has 0 fully saturated rings. The smallest absolute Gasteiger partial charge is 0.213 e. The Labute approximate surface area is 196 Å². The van der Waals surface area contributed by atoms with Gasteiger partial charge in [0.2, 0.25) is 5.88 Å². The fourth-order valence-corrected chi connectivity index (χ4v) is 5.02. The highest BCUT2D eigenvalue weighted by Gasteiger charge is 2.32. The van der Waals surface area contributed by atoms with Gasteiger partial charge >= 0.3 is 0 Å². The first-order valence-corrected chi connectivity index (χ1v) is 12.2. The summed E-state index contributed by atoms with van der Waals surface area (Å²) in [5, 5.41) is 7.62. The van der Waals surface area contributed by atoms with Gasteiger partial charge in [0.05, 0.1) is 24.8 Å². The summed E-state index contributed by atoms with van der Waals surface area (Å²) >= 11 is 0. The fraction of sp³-hybridized carbons (Fsp3) is 0.261. The first-order valence-electron chi connectivity index (χ1n) is 10.5. The molecule has 1 aromatic carbocycles. The number of ether oxygens (including phenoxy) is 1. The van der Waals surface area contributed by atoms with Crippen molar-refractivity contribution in [2.75, 3.05) is 7.11 Å². The second-order valence-corrected chi connectivity index (χ2v) is 10.1. The van der Waals surface area contributed by atoms with Gasteiger partial charge in [-0.05, 0) is 25.1 Å². The highest BCUT2D eigenvalue weighted by Crippen LogP contribution is 2.27. The van der Waals surface area contributed by atoms with Crippen LogP contribution < -0.4 is 4.74 Å². The third kappa shape index (κ3) is 4.79. The van der Waals surface area contributed by atoms with E-state index in [1.807, 2.05) is 30.3 Å². The van der Waals surface area contributed by atoms with E-state index in [0.717, 1.165) is 12.4 Å². The van der Waals surface area contributed by atoms with E-state index in [0.29, 0.717) is 23.1 Å². The molecule has 0 radical (unpaired) electrons. The van der Waals surface area contributed by atoms with Crippen LogP contribution in [0.2, 0.25) is 0 Å². The van der Waals surface area contributed by atoms with E-state index in [-0.39, 0.29) is 17.4 Å². The Morgan fingerprint density at radius 2 is 1.71 bits per heavy atom. The summed E-state index contributed by atoms with van der Waals surface area (Å²) in [5.41, 5.74) is 1.18. The number of rotatable bonds is 8. The summed E-state index contributed by atoms with van der Waals surface area (Å²) in [6.07, 6.45) is 2.05. The van der Waals surface area contributed by atoms with Crippen molar-refractivity contribution in [2.24, 2.45) is 0 Å². The van der Waals surface area contributed by atoms with Crippen LogP contribution in [0.5, 0.6) is 5.88 Å². The van der Waals surface area contributed by atoms with Crippen molar-refractivity contribution < 1.29 is 17.5 Å². The maximum Gasteiger partial charge on any atom is 0.213 e. The van der Waals surface area contributed by atoms with Crippen molar-refractivity contribution >= 4 is 9.84 Å². The number of nitrogens with zero attached hydrogens (tertiary/aromatic N) is 6. The monoisotopic (exact) mass is 482 g/mol. The maximum atomic E-state index is 13.4. The Balaban J connectivity index is 1.72. The summed E-state index contributed by atoms with van der Waals surface area (Å²) < 4.78 is 46.8. The first kappa shape index (κ1) is 23.4. The van der Waals surface area contributed by atoms with E-state index in [1.54, 1.807) is 36.6 Å². The van der Waals surface area contributed by atoms with Crippen LogP contribution in [0.15, 0.2) is 60.9 Å². The average Bonchev–Trinajstić information content (AvgIpc) is 3.27. The summed E-state index contributed by atoms with van der Waals surface area (Å²) in [6, 6.07) is 14.4. The highest BCUT2D eigenvalue weighted by atomic mass is 32.2. The standard InChI is InChI=1S/C23H23FN6O3S/c1-15(22-25-12-17(24)13-26-22)16(2)34(31,32)14-20-28-29-23(19-10-7-11-21(27-19)33-3)30(20)18-8-5-4-6-9-18/h4-13,15-16H,14H2,1-3H3/t15-,16-/m0/s1. The second kappa shape index (κ2) is 9.64. The lowest BCUT2D eigenvalue weighted by molar-refractivity contribution is 0.398. The van der Waals surface area contributed by atoms with Crippen molar-refractivity contribution in [1.82, 2.24) is 29.7 Å². The van der Waals surface area contributed by atoms with Gasteiger partial charge in [-0.15, -0.1) is 10.2 Å². The van der Waals surface area contributed by atoms with Crippen molar-refractivity contribution in [3.63, 3.8) is 0 Å². The lowest BCUT2D eigenvalue weighted by Crippen LogP contribution is -2.27. The SMILES string of the molecule is COc1cccc(-c2nnc(CS(=O)(=O)[C@@H](C)[C@H](C)c3ncc(F)cn3)n2-c2ccccc2)n1. The quantitative estimate of drug-likeness (QED) is 0.376. The minimum Gasteiger partial charge on any atom is -0.481 e. The predicted molar refractivity (Wildman–Crippen MR) is 124 cm³/mol. The number of sulfone groups is 1. The number of para-hydroxylation sites is 1. The highest BCUT2D eigenvalue weighted by molar-refractivity contribution is 7.91. The van der Waals surface area contributed by atoms with E-state index in [1.165, 1.54) is 7.11 Å². The number of halogens is 1. The minimum atomic E-state index is -3.73. The average molecular weight is 483 g/mol. The Hall–Kier alpha value is -3.73. The normalized spacial score (nSPS) is 13.4. The van der Waals surface area contributed by atoms with Crippen LogP contribution in [0.3, 0.4) is 0 Å². The molecule has 11 heteroatoms. The van der Waals surface area contributed by atoms with Crippen LogP contribution in [-0.2, 0) is 15.6 Å². The Kier molecular flexibility index (Phi) is 6.64. The summed E-state index contributed by atoms with van der Waals surface area (Å²) in [4.78, 5) is 12.3. The van der Waals surface area contributed by atoms with E-state index in [2.05, 4.69) is 25.1 Å². The number of benzene rings is 1. The van der Waals surface area contributed by atoms with E-state index in [4.69, 9.17) is 4.74 Å². The van der Waals surface area contributed by atoms with Gasteiger partial charge in [0, 0.05) is 17.7 Å². The molecular weight excluding hydrogens is 459 g/mol. The summed E-state index contributed by atoms with van der Waals surface area (Å²) in [7, 11) is -2.21. The number of pyridine rings is 1. The predicted octanol–water partition coefficient (Wildman–Crippen LogP) is 3.37. The molecule has 0 amide bonds. The van der Waals surface area contributed by atoms with Gasteiger partial charge in [-0.25, -0.2) is 27.8 Å². The molecule has 176 valence electrons. The van der Waals surface area contributed by atoms with Gasteiger partial charge in [0.1, 0.15) is 17.3 Å². The zero-order valence-electron chi connectivity index (χ0n) is 18.8. The molecule has 0 unspecified atom stereocenters. The third-order valence-electron chi connectivity index (χ3n) is 5.55. The third-order valence-corrected chi connectivity index (χ3v) is 7.76. The molecule has 0 saturated carbocycles. The van der Waals surface area contributed by atoms with Gasteiger partial charge < -0.3 is 4.74 Å². The molecule has 34 heavy (non-hydrogen) atoms. The van der Waals surface area contributed by atoms with Crippen molar-refractivity contribution in [3.05, 3.63) is 78.4 Å². The molecule has 0 aliphatic heterocycles. The molecule has 0 spiro atoms. The first-order chi connectivity index (χ1) is 16.3. The van der Waals surface area contributed by atoms with Crippen LogP contribution in [0.4, 0.5) is 4.39 Å². The van der Waals surface area contributed by atoms with Gasteiger partial charge in [0.25, 0.3) is 0 Å². The Bertz CT molecular complexity index is 1380. The van der Waals surface area contributed by atoms with E-state index < -0.39 is 26.8 Å². The zero-order chi connectivity index (χ0) is 24.3. The Morgan fingerprint density at radius 3 is 2.38 bits per heavy atom. The van der Waals surface area contributed by atoms with Crippen molar-refractivity contribution in [3.8, 4) is 23.1 Å². The van der Waals surface area contributed by atoms with E-state index >= 15 is 0 Å². The van der Waals surface area contributed by atoms with Gasteiger partial charge in [-0.1, -0.05) is 31.2 Å². The molecule has 0 aliphatic carbocycles. The number of hydrogen-bond acceptors (Lipinski definition) is 8. The molecule has 4 rings (SSSR count). The molecule has 0 saturated heterocycles. The molecule has 0 bridgehead atoms. The van der Waals surface area contributed by atoms with Gasteiger partial charge in [-0.3, -0.25) is 4.57 Å². The molecule has 3 aromatic heterocycles. The number of methoxy groups -OCH3 is 1. The van der Waals surface area contributed by atoms with Crippen molar-refractivity contribution in [1.29, 1.82) is 0 Å². The van der Waals surface area contributed by atoms with Gasteiger partial charge in [0.15, 0.2) is 27.3 Å². The van der Waals surface area contributed by atoms with Crippen LogP contribution in [0.25, 0.3) is 17.2 Å². The van der Waals surface area contributed by atoms with Crippen LogP contribution >= 0.6 is 0 Å². The van der Waals surface area contributed by atoms with Crippen molar-refractivity contribution in [2.45, 2.75) is 30.8 Å². The molecule has 0 N–H and O–H groups in total. The van der Waals surface area contributed by atoms with Gasteiger partial charge in [-0.2, -0.15) is 0 Å². The zero-order valence-corrected chi connectivity index (χ0v) is 19.6.